The normalized spacial score (nSPS) is 11.9. The molecule has 1 aromatic heterocycles. The zero-order valence-electron chi connectivity index (χ0n) is 14.4. The third kappa shape index (κ3) is 4.12. The monoisotopic (exact) mass is 335 g/mol. The van der Waals surface area contributed by atoms with Crippen molar-refractivity contribution in [2.75, 3.05) is 6.54 Å². The number of carbonyl (C=O) groups is 1. The van der Waals surface area contributed by atoms with Gasteiger partial charge in [-0.2, -0.15) is 0 Å². The van der Waals surface area contributed by atoms with Gasteiger partial charge in [0.15, 0.2) is 6.10 Å². The van der Waals surface area contributed by atoms with Gasteiger partial charge in [0.1, 0.15) is 5.75 Å². The number of amides is 1. The van der Waals surface area contributed by atoms with Crippen LogP contribution in [0.3, 0.4) is 0 Å². The molecule has 25 heavy (non-hydrogen) atoms. The maximum absolute atomic E-state index is 11.9. The Hall–Kier alpha value is -2.95. The van der Waals surface area contributed by atoms with Crippen LogP contribution in [0.25, 0.3) is 22.3 Å². The minimum Gasteiger partial charge on any atom is -0.481 e. The van der Waals surface area contributed by atoms with Gasteiger partial charge in [-0.15, -0.1) is 0 Å². The summed E-state index contributed by atoms with van der Waals surface area (Å²) < 4.78 is 5.69. The Morgan fingerprint density at radius 1 is 1.12 bits per heavy atom. The highest BCUT2D eigenvalue weighted by Gasteiger charge is 2.13. The van der Waals surface area contributed by atoms with Gasteiger partial charge < -0.3 is 10.1 Å². The quantitative estimate of drug-likeness (QED) is 0.748. The van der Waals surface area contributed by atoms with Gasteiger partial charge in [0.2, 0.25) is 0 Å². The van der Waals surface area contributed by atoms with Gasteiger partial charge in [-0.3, -0.25) is 9.78 Å². The Bertz CT molecular complexity index is 862. The van der Waals surface area contributed by atoms with Gasteiger partial charge >= 0.3 is 0 Å². The van der Waals surface area contributed by atoms with Crippen LogP contribution in [-0.4, -0.2) is 28.5 Å². The predicted molar refractivity (Wildman–Crippen MR) is 98.4 cm³/mol. The van der Waals surface area contributed by atoms with E-state index in [2.05, 4.69) is 15.3 Å². The summed E-state index contributed by atoms with van der Waals surface area (Å²) in [6.45, 7) is 4.42. The van der Waals surface area contributed by atoms with Gasteiger partial charge in [-0.1, -0.05) is 19.1 Å². The summed E-state index contributed by atoms with van der Waals surface area (Å²) in [7, 11) is 0. The number of nitrogens with one attached hydrogen (secondary N) is 1. The number of fused-ring (bicyclic) bond motifs is 1. The molecule has 0 aliphatic carbocycles. The number of benzene rings is 2. The number of carbonyl (C=O) groups excluding carboxylic acids is 1. The molecule has 3 rings (SSSR count). The largest absolute Gasteiger partial charge is 0.481 e. The van der Waals surface area contributed by atoms with Crippen LogP contribution in [0, 0.1) is 0 Å². The van der Waals surface area contributed by atoms with E-state index >= 15 is 0 Å². The summed E-state index contributed by atoms with van der Waals surface area (Å²) in [6, 6.07) is 15.3. The molecular weight excluding hydrogens is 314 g/mol. The number of hydrogen-bond donors (Lipinski definition) is 1. The number of ether oxygens (including phenoxy) is 1. The van der Waals surface area contributed by atoms with Crippen molar-refractivity contribution >= 4 is 16.9 Å². The molecule has 0 saturated heterocycles. The summed E-state index contributed by atoms with van der Waals surface area (Å²) in [5, 5.41) is 2.82. The van der Waals surface area contributed by atoms with E-state index in [0.29, 0.717) is 12.3 Å². The Morgan fingerprint density at radius 3 is 2.56 bits per heavy atom. The van der Waals surface area contributed by atoms with Gasteiger partial charge in [-0.05, 0) is 49.7 Å². The molecule has 0 saturated carbocycles. The molecule has 5 nitrogen and oxygen atoms in total. The zero-order valence-corrected chi connectivity index (χ0v) is 14.4. The highest BCUT2D eigenvalue weighted by atomic mass is 16.5. The first-order valence-corrected chi connectivity index (χ1v) is 8.44. The molecule has 1 N–H and O–H groups in total. The molecule has 128 valence electrons. The number of nitrogens with zero attached hydrogens (tertiary/aromatic N) is 2. The van der Waals surface area contributed by atoms with E-state index < -0.39 is 6.10 Å². The lowest BCUT2D eigenvalue weighted by Crippen LogP contribution is -2.36. The van der Waals surface area contributed by atoms with Gasteiger partial charge in [0.05, 0.1) is 22.9 Å². The van der Waals surface area contributed by atoms with Crippen molar-refractivity contribution in [3.05, 3.63) is 54.7 Å². The van der Waals surface area contributed by atoms with Crippen molar-refractivity contribution in [2.45, 2.75) is 26.4 Å². The van der Waals surface area contributed by atoms with Crippen LogP contribution >= 0.6 is 0 Å². The Labute approximate surface area is 147 Å². The molecule has 5 heteroatoms. The highest BCUT2D eigenvalue weighted by molar-refractivity contribution is 5.80. The second-order valence-corrected chi connectivity index (χ2v) is 5.82. The first-order chi connectivity index (χ1) is 12.2. The van der Waals surface area contributed by atoms with Crippen LogP contribution in [0.15, 0.2) is 54.7 Å². The molecule has 0 unspecified atom stereocenters. The molecule has 0 bridgehead atoms. The van der Waals surface area contributed by atoms with Crippen LogP contribution in [0.2, 0.25) is 0 Å². The highest BCUT2D eigenvalue weighted by Crippen LogP contribution is 2.22. The molecule has 1 atom stereocenters. The lowest BCUT2D eigenvalue weighted by Gasteiger charge is -2.14. The third-order valence-corrected chi connectivity index (χ3v) is 3.83. The zero-order chi connectivity index (χ0) is 17.6. The van der Waals surface area contributed by atoms with Crippen molar-refractivity contribution in [1.82, 2.24) is 15.3 Å². The minimum atomic E-state index is -0.530. The van der Waals surface area contributed by atoms with Crippen molar-refractivity contribution in [3.63, 3.8) is 0 Å². The summed E-state index contributed by atoms with van der Waals surface area (Å²) in [5.41, 5.74) is 3.49. The molecule has 3 aromatic rings. The summed E-state index contributed by atoms with van der Waals surface area (Å²) in [6.07, 6.45) is 2.14. The van der Waals surface area contributed by atoms with Crippen molar-refractivity contribution in [2.24, 2.45) is 0 Å². The maximum Gasteiger partial charge on any atom is 0.260 e. The van der Waals surface area contributed by atoms with E-state index in [1.165, 1.54) is 0 Å². The van der Waals surface area contributed by atoms with E-state index in [9.17, 15) is 4.79 Å². The van der Waals surface area contributed by atoms with Gasteiger partial charge in [0.25, 0.3) is 5.91 Å². The van der Waals surface area contributed by atoms with Crippen LogP contribution in [-0.2, 0) is 4.79 Å². The van der Waals surface area contributed by atoms with Crippen molar-refractivity contribution in [1.29, 1.82) is 0 Å². The van der Waals surface area contributed by atoms with E-state index in [-0.39, 0.29) is 5.91 Å². The standard InChI is InChI=1S/C20H21N3O2/c1-3-12-21-20(24)14(2)25-16-10-8-15(9-11-16)19-13-22-17-6-4-5-7-18(17)23-19/h4-11,13-14H,3,12H2,1-2H3,(H,21,24)/t14-/m0/s1. The van der Waals surface area contributed by atoms with E-state index in [1.54, 1.807) is 13.1 Å². The SMILES string of the molecule is CCCNC(=O)[C@H](C)Oc1ccc(-c2cnc3ccccc3n2)cc1. The molecule has 0 fully saturated rings. The Morgan fingerprint density at radius 2 is 1.84 bits per heavy atom. The molecule has 0 radical (unpaired) electrons. The van der Waals surface area contributed by atoms with Crippen LogP contribution in [0.1, 0.15) is 20.3 Å². The van der Waals surface area contributed by atoms with E-state index in [4.69, 9.17) is 4.74 Å². The molecule has 0 aliphatic heterocycles. The van der Waals surface area contributed by atoms with Gasteiger partial charge in [0, 0.05) is 12.1 Å². The molecule has 2 aromatic carbocycles. The topological polar surface area (TPSA) is 64.1 Å². The molecular formula is C20H21N3O2. The number of hydrogen-bond acceptors (Lipinski definition) is 4. The molecule has 1 heterocycles. The summed E-state index contributed by atoms with van der Waals surface area (Å²) >= 11 is 0. The second-order valence-electron chi connectivity index (χ2n) is 5.82. The van der Waals surface area contributed by atoms with Crippen LogP contribution in [0.5, 0.6) is 5.75 Å². The summed E-state index contributed by atoms with van der Waals surface area (Å²) in [4.78, 5) is 20.9. The van der Waals surface area contributed by atoms with Crippen LogP contribution in [0.4, 0.5) is 0 Å². The lowest BCUT2D eigenvalue weighted by molar-refractivity contribution is -0.127. The smallest absolute Gasteiger partial charge is 0.260 e. The fourth-order valence-corrected chi connectivity index (χ4v) is 2.45. The minimum absolute atomic E-state index is 0.105. The van der Waals surface area contributed by atoms with E-state index in [0.717, 1.165) is 28.7 Å². The van der Waals surface area contributed by atoms with Crippen LogP contribution < -0.4 is 10.1 Å². The summed E-state index contributed by atoms with van der Waals surface area (Å²) in [5.74, 6) is 0.544. The number of para-hydroxylation sites is 2. The van der Waals surface area contributed by atoms with Gasteiger partial charge in [-0.25, -0.2) is 4.98 Å². The number of rotatable bonds is 6. The molecule has 0 aliphatic rings. The van der Waals surface area contributed by atoms with E-state index in [1.807, 2.05) is 55.5 Å². The predicted octanol–water partition coefficient (Wildman–Crippen LogP) is 3.59. The maximum atomic E-state index is 11.9. The Kier molecular flexibility index (Phi) is 5.23. The van der Waals surface area contributed by atoms with Crippen molar-refractivity contribution < 1.29 is 9.53 Å². The molecule has 1 amide bonds. The lowest BCUT2D eigenvalue weighted by atomic mass is 10.1. The average molecular weight is 335 g/mol. The van der Waals surface area contributed by atoms with Crippen molar-refractivity contribution in [3.8, 4) is 17.0 Å². The second kappa shape index (κ2) is 7.75. The first kappa shape index (κ1) is 16.9. The first-order valence-electron chi connectivity index (χ1n) is 8.44. The Balaban J connectivity index is 1.71. The fraction of sp³-hybridized carbons (Fsp3) is 0.250. The average Bonchev–Trinajstić information content (AvgIpc) is 2.66. The molecule has 0 spiro atoms. The third-order valence-electron chi connectivity index (χ3n) is 3.83. The number of aromatic nitrogens is 2. The fourth-order valence-electron chi connectivity index (χ4n) is 2.45.